The number of benzene rings is 1. The van der Waals surface area contributed by atoms with Crippen molar-refractivity contribution < 1.29 is 13.5 Å². The van der Waals surface area contributed by atoms with E-state index in [9.17, 15) is 13.5 Å². The Kier molecular flexibility index (Phi) is 5.60. The van der Waals surface area contributed by atoms with Crippen LogP contribution in [-0.2, 0) is 16.4 Å². The summed E-state index contributed by atoms with van der Waals surface area (Å²) in [7, 11) is -3.61. The van der Waals surface area contributed by atoms with Crippen LogP contribution in [0.4, 0.5) is 0 Å². The molecule has 5 nitrogen and oxygen atoms in total. The monoisotopic (exact) mass is 326 g/mol. The zero-order chi connectivity index (χ0) is 16.2. The molecule has 0 saturated carbocycles. The first kappa shape index (κ1) is 17.4. The molecule has 0 unspecified atom stereocenters. The number of sulfonamides is 1. The van der Waals surface area contributed by atoms with Crippen LogP contribution < -0.4 is 5.14 Å². The van der Waals surface area contributed by atoms with Gasteiger partial charge in [-0.2, -0.15) is 0 Å². The van der Waals surface area contributed by atoms with Crippen molar-refractivity contribution >= 4 is 10.0 Å². The van der Waals surface area contributed by atoms with Crippen molar-refractivity contribution in [1.29, 1.82) is 0 Å². The molecule has 1 heterocycles. The van der Waals surface area contributed by atoms with Crippen LogP contribution in [0.1, 0.15) is 31.7 Å². The first-order valence-corrected chi connectivity index (χ1v) is 9.38. The molecule has 1 aliphatic rings. The standard InChI is InChI=1S/C16H26N2O3S/c1-2-16(13-19)8-11-18(12-9-16)10-7-14-3-5-15(6-4-14)22(17,20)21/h3-6,19H,2,7-13H2,1H3,(H2,17,20,21). The van der Waals surface area contributed by atoms with Gasteiger partial charge in [0, 0.05) is 13.2 Å². The molecule has 3 N–H and O–H groups in total. The van der Waals surface area contributed by atoms with Crippen molar-refractivity contribution in [3.05, 3.63) is 29.8 Å². The highest BCUT2D eigenvalue weighted by Gasteiger charge is 2.31. The molecule has 0 aliphatic carbocycles. The maximum atomic E-state index is 11.2. The summed E-state index contributed by atoms with van der Waals surface area (Å²) in [5, 5.41) is 14.6. The fourth-order valence-electron chi connectivity index (χ4n) is 3.01. The highest BCUT2D eigenvalue weighted by atomic mass is 32.2. The third kappa shape index (κ3) is 4.29. The fraction of sp³-hybridized carbons (Fsp3) is 0.625. The van der Waals surface area contributed by atoms with Gasteiger partial charge in [-0.05, 0) is 61.9 Å². The van der Waals surface area contributed by atoms with E-state index in [-0.39, 0.29) is 16.9 Å². The second kappa shape index (κ2) is 7.08. The van der Waals surface area contributed by atoms with Gasteiger partial charge in [0.05, 0.1) is 4.90 Å². The van der Waals surface area contributed by atoms with E-state index in [4.69, 9.17) is 5.14 Å². The average Bonchev–Trinajstić information content (AvgIpc) is 2.53. The minimum absolute atomic E-state index is 0.119. The minimum atomic E-state index is -3.61. The Hall–Kier alpha value is -0.950. The van der Waals surface area contributed by atoms with Gasteiger partial charge < -0.3 is 10.0 Å². The van der Waals surface area contributed by atoms with Gasteiger partial charge in [-0.15, -0.1) is 0 Å². The van der Waals surface area contributed by atoms with Crippen LogP contribution >= 0.6 is 0 Å². The lowest BCUT2D eigenvalue weighted by Gasteiger charge is -2.40. The van der Waals surface area contributed by atoms with Crippen molar-refractivity contribution in [3.63, 3.8) is 0 Å². The molecule has 1 aliphatic heterocycles. The van der Waals surface area contributed by atoms with E-state index < -0.39 is 10.0 Å². The van der Waals surface area contributed by atoms with Crippen LogP contribution in [0, 0.1) is 5.41 Å². The number of nitrogens with zero attached hydrogens (tertiary/aromatic N) is 1. The molecule has 22 heavy (non-hydrogen) atoms. The largest absolute Gasteiger partial charge is 0.396 e. The van der Waals surface area contributed by atoms with Gasteiger partial charge in [0.25, 0.3) is 0 Å². The van der Waals surface area contributed by atoms with Gasteiger partial charge in [0.15, 0.2) is 0 Å². The topological polar surface area (TPSA) is 83.6 Å². The molecule has 0 radical (unpaired) electrons. The molecule has 124 valence electrons. The average molecular weight is 326 g/mol. The Balaban J connectivity index is 1.84. The summed E-state index contributed by atoms with van der Waals surface area (Å²) < 4.78 is 22.4. The first-order chi connectivity index (χ1) is 10.4. The smallest absolute Gasteiger partial charge is 0.238 e. The lowest BCUT2D eigenvalue weighted by atomic mass is 9.77. The zero-order valence-corrected chi connectivity index (χ0v) is 14.0. The number of aliphatic hydroxyl groups excluding tert-OH is 1. The highest BCUT2D eigenvalue weighted by Crippen LogP contribution is 2.34. The number of hydrogen-bond donors (Lipinski definition) is 2. The van der Waals surface area contributed by atoms with Crippen LogP contribution in [0.5, 0.6) is 0 Å². The Morgan fingerprint density at radius 3 is 2.27 bits per heavy atom. The second-order valence-electron chi connectivity index (χ2n) is 6.29. The van der Waals surface area contributed by atoms with Crippen molar-refractivity contribution in [1.82, 2.24) is 4.90 Å². The molecule has 0 atom stereocenters. The predicted molar refractivity (Wildman–Crippen MR) is 87.0 cm³/mol. The van der Waals surface area contributed by atoms with Gasteiger partial charge in [0.1, 0.15) is 0 Å². The van der Waals surface area contributed by atoms with E-state index >= 15 is 0 Å². The van der Waals surface area contributed by atoms with Gasteiger partial charge >= 0.3 is 0 Å². The summed E-state index contributed by atoms with van der Waals surface area (Å²) >= 11 is 0. The van der Waals surface area contributed by atoms with Crippen LogP contribution in [-0.4, -0.2) is 44.7 Å². The number of primary sulfonamides is 1. The van der Waals surface area contributed by atoms with Gasteiger partial charge in [-0.3, -0.25) is 0 Å². The van der Waals surface area contributed by atoms with E-state index in [1.54, 1.807) is 12.1 Å². The Morgan fingerprint density at radius 2 is 1.82 bits per heavy atom. The minimum Gasteiger partial charge on any atom is -0.396 e. The quantitative estimate of drug-likeness (QED) is 0.827. The van der Waals surface area contributed by atoms with Crippen LogP contribution in [0.15, 0.2) is 29.2 Å². The molecule has 1 fully saturated rings. The molecule has 0 spiro atoms. The molecule has 1 saturated heterocycles. The van der Waals surface area contributed by atoms with E-state index in [1.807, 2.05) is 12.1 Å². The molecule has 1 aromatic carbocycles. The van der Waals surface area contributed by atoms with E-state index in [0.29, 0.717) is 0 Å². The maximum absolute atomic E-state index is 11.2. The highest BCUT2D eigenvalue weighted by molar-refractivity contribution is 7.89. The van der Waals surface area contributed by atoms with Crippen molar-refractivity contribution in [2.24, 2.45) is 10.6 Å². The van der Waals surface area contributed by atoms with Gasteiger partial charge in [0.2, 0.25) is 10.0 Å². The van der Waals surface area contributed by atoms with Crippen molar-refractivity contribution in [2.45, 2.75) is 37.5 Å². The van der Waals surface area contributed by atoms with Crippen LogP contribution in [0.2, 0.25) is 0 Å². The van der Waals surface area contributed by atoms with Crippen LogP contribution in [0.25, 0.3) is 0 Å². The first-order valence-electron chi connectivity index (χ1n) is 7.83. The van der Waals surface area contributed by atoms with Crippen molar-refractivity contribution in [3.8, 4) is 0 Å². The number of piperidine rings is 1. The molecular formula is C16H26N2O3S. The summed E-state index contributed by atoms with van der Waals surface area (Å²) in [5.74, 6) is 0. The van der Waals surface area contributed by atoms with E-state index in [2.05, 4.69) is 11.8 Å². The summed E-state index contributed by atoms with van der Waals surface area (Å²) in [6.07, 6.45) is 4.02. The predicted octanol–water partition coefficient (Wildman–Crippen LogP) is 1.36. The third-order valence-electron chi connectivity index (χ3n) is 4.97. The fourth-order valence-corrected chi connectivity index (χ4v) is 3.52. The molecule has 6 heteroatoms. The molecule has 2 rings (SSSR count). The zero-order valence-electron chi connectivity index (χ0n) is 13.2. The number of aliphatic hydroxyl groups is 1. The number of hydrogen-bond acceptors (Lipinski definition) is 4. The molecule has 0 amide bonds. The van der Waals surface area contributed by atoms with Crippen molar-refractivity contribution in [2.75, 3.05) is 26.2 Å². The van der Waals surface area contributed by atoms with Gasteiger partial charge in [-0.1, -0.05) is 19.1 Å². The second-order valence-corrected chi connectivity index (χ2v) is 7.85. The summed E-state index contributed by atoms with van der Waals surface area (Å²) in [6.45, 7) is 5.43. The SMILES string of the molecule is CCC1(CO)CCN(CCc2ccc(S(N)(=O)=O)cc2)CC1. The summed E-state index contributed by atoms with van der Waals surface area (Å²) in [6, 6.07) is 6.78. The Labute approximate surface area is 133 Å². The lowest BCUT2D eigenvalue weighted by Crippen LogP contribution is -2.42. The number of nitrogens with two attached hydrogens (primary N) is 1. The third-order valence-corrected chi connectivity index (χ3v) is 5.90. The van der Waals surface area contributed by atoms with Crippen LogP contribution in [0.3, 0.4) is 0 Å². The van der Waals surface area contributed by atoms with E-state index in [0.717, 1.165) is 50.9 Å². The lowest BCUT2D eigenvalue weighted by molar-refractivity contribution is 0.0414. The maximum Gasteiger partial charge on any atom is 0.238 e. The summed E-state index contributed by atoms with van der Waals surface area (Å²) in [4.78, 5) is 2.57. The molecule has 0 aromatic heterocycles. The Morgan fingerprint density at radius 1 is 1.23 bits per heavy atom. The molecule has 0 bridgehead atoms. The number of rotatable bonds is 6. The number of likely N-dealkylation sites (tertiary alicyclic amines) is 1. The van der Waals surface area contributed by atoms with E-state index in [1.165, 1.54) is 0 Å². The normalized spacial score (nSPS) is 19.2. The molecule has 1 aromatic rings. The molecular weight excluding hydrogens is 300 g/mol. The Bertz CT molecular complexity index is 570. The summed E-state index contributed by atoms with van der Waals surface area (Å²) in [5.41, 5.74) is 1.23. The van der Waals surface area contributed by atoms with Gasteiger partial charge in [-0.25, -0.2) is 13.6 Å².